The average molecular weight is 317 g/mol. The van der Waals surface area contributed by atoms with Crippen LogP contribution >= 0.6 is 0 Å². The molecule has 118 valence electrons. The Morgan fingerprint density at radius 3 is 2.62 bits per heavy atom. The predicted octanol–water partition coefficient (Wildman–Crippen LogP) is 2.60. The number of hydrogen-bond donors (Lipinski definition) is 2. The van der Waals surface area contributed by atoms with Gasteiger partial charge in [-0.3, -0.25) is 0 Å². The summed E-state index contributed by atoms with van der Waals surface area (Å²) >= 11 is 0. The molecule has 7 nitrogen and oxygen atoms in total. The molecule has 0 unspecified atom stereocenters. The summed E-state index contributed by atoms with van der Waals surface area (Å²) in [5.41, 5.74) is 7.75. The fourth-order valence-electron chi connectivity index (χ4n) is 2.14. The van der Waals surface area contributed by atoms with E-state index in [-0.39, 0.29) is 17.7 Å². The summed E-state index contributed by atoms with van der Waals surface area (Å²) < 4.78 is 1.89. The minimum absolute atomic E-state index is 0.0477. The van der Waals surface area contributed by atoms with Gasteiger partial charge in [-0.05, 0) is 30.3 Å². The number of aryl methyl sites for hydroxylation is 1. The molecule has 0 fully saturated rings. The number of nitriles is 1. The lowest BCUT2D eigenvalue weighted by Crippen LogP contribution is -2.06. The van der Waals surface area contributed by atoms with Crippen molar-refractivity contribution in [1.82, 2.24) is 19.5 Å². The van der Waals surface area contributed by atoms with E-state index < -0.39 is 0 Å². The molecule has 0 atom stereocenters. The molecule has 0 aliphatic carbocycles. The third kappa shape index (κ3) is 3.39. The van der Waals surface area contributed by atoms with Crippen molar-refractivity contribution in [2.45, 2.75) is 0 Å². The standard InChI is InChI=1S/C17H15N7/c1-24-9-5-8-14(24)10-12(11-18)15-21-16(19)23-17(22-15)20-13-6-3-2-4-7-13/h2-10H,1H3,(H3,19,20,21,22,23)/b12-10-. The number of nitrogens with one attached hydrogen (secondary N) is 1. The van der Waals surface area contributed by atoms with E-state index in [1.807, 2.05) is 60.3 Å². The van der Waals surface area contributed by atoms with Crippen LogP contribution in [0.15, 0.2) is 48.7 Å². The quantitative estimate of drug-likeness (QED) is 0.716. The molecule has 0 aliphatic rings. The molecule has 3 rings (SSSR count). The summed E-state index contributed by atoms with van der Waals surface area (Å²) in [4.78, 5) is 12.4. The highest BCUT2D eigenvalue weighted by molar-refractivity contribution is 5.86. The van der Waals surface area contributed by atoms with Crippen molar-refractivity contribution < 1.29 is 0 Å². The van der Waals surface area contributed by atoms with Crippen LogP contribution < -0.4 is 11.1 Å². The van der Waals surface area contributed by atoms with Gasteiger partial charge >= 0.3 is 0 Å². The Bertz CT molecular complexity index is 920. The van der Waals surface area contributed by atoms with E-state index >= 15 is 0 Å². The van der Waals surface area contributed by atoms with Gasteiger partial charge in [0.1, 0.15) is 6.07 Å². The lowest BCUT2D eigenvalue weighted by molar-refractivity contribution is 0.915. The van der Waals surface area contributed by atoms with Gasteiger partial charge in [-0.2, -0.15) is 20.2 Å². The molecule has 0 saturated carbocycles. The first-order chi connectivity index (χ1) is 11.7. The van der Waals surface area contributed by atoms with E-state index in [1.165, 1.54) is 0 Å². The Labute approximate surface area is 139 Å². The first kappa shape index (κ1) is 15.2. The molecule has 0 bridgehead atoms. The summed E-state index contributed by atoms with van der Waals surface area (Å²) in [6.45, 7) is 0. The van der Waals surface area contributed by atoms with Crippen molar-refractivity contribution in [1.29, 1.82) is 5.26 Å². The van der Waals surface area contributed by atoms with E-state index in [9.17, 15) is 5.26 Å². The van der Waals surface area contributed by atoms with Gasteiger partial charge in [-0.1, -0.05) is 18.2 Å². The summed E-state index contributed by atoms with van der Waals surface area (Å²) in [5.74, 6) is 0.563. The number of nitrogen functional groups attached to an aromatic ring is 1. The predicted molar refractivity (Wildman–Crippen MR) is 92.9 cm³/mol. The molecule has 24 heavy (non-hydrogen) atoms. The van der Waals surface area contributed by atoms with Crippen LogP contribution in [0.2, 0.25) is 0 Å². The molecule has 7 heteroatoms. The van der Waals surface area contributed by atoms with Crippen LogP contribution in [0.25, 0.3) is 11.6 Å². The smallest absolute Gasteiger partial charge is 0.232 e. The van der Waals surface area contributed by atoms with Gasteiger partial charge in [-0.15, -0.1) is 0 Å². The summed E-state index contributed by atoms with van der Waals surface area (Å²) in [5, 5.41) is 12.5. The second-order valence-corrected chi connectivity index (χ2v) is 5.05. The van der Waals surface area contributed by atoms with Crippen molar-refractivity contribution in [3.8, 4) is 6.07 Å². The topological polar surface area (TPSA) is 105 Å². The Morgan fingerprint density at radius 2 is 1.96 bits per heavy atom. The first-order valence-corrected chi connectivity index (χ1v) is 7.23. The third-order valence-electron chi connectivity index (χ3n) is 3.32. The maximum Gasteiger partial charge on any atom is 0.232 e. The zero-order valence-electron chi connectivity index (χ0n) is 13.0. The molecule has 0 saturated heterocycles. The maximum absolute atomic E-state index is 9.45. The third-order valence-corrected chi connectivity index (χ3v) is 3.32. The minimum atomic E-state index is 0.0477. The number of benzene rings is 1. The first-order valence-electron chi connectivity index (χ1n) is 7.23. The van der Waals surface area contributed by atoms with E-state index in [0.29, 0.717) is 5.57 Å². The van der Waals surface area contributed by atoms with E-state index in [4.69, 9.17) is 5.73 Å². The van der Waals surface area contributed by atoms with Crippen LogP contribution in [0.1, 0.15) is 11.5 Å². The van der Waals surface area contributed by atoms with Gasteiger partial charge in [0.15, 0.2) is 5.82 Å². The van der Waals surface area contributed by atoms with Crippen molar-refractivity contribution in [3.05, 3.63) is 60.2 Å². The maximum atomic E-state index is 9.45. The van der Waals surface area contributed by atoms with Crippen LogP contribution in [0.4, 0.5) is 17.6 Å². The normalized spacial score (nSPS) is 11.1. The lowest BCUT2D eigenvalue weighted by atomic mass is 10.2. The number of aromatic nitrogens is 4. The Balaban J connectivity index is 1.97. The molecule has 0 amide bonds. The number of rotatable bonds is 4. The molecule has 1 aromatic carbocycles. The number of anilines is 3. The molecular weight excluding hydrogens is 302 g/mol. The highest BCUT2D eigenvalue weighted by atomic mass is 15.2. The van der Waals surface area contributed by atoms with E-state index in [1.54, 1.807) is 6.08 Å². The SMILES string of the molecule is Cn1cccc1/C=C(/C#N)c1nc(N)nc(Nc2ccccc2)n1. The number of hydrogen-bond acceptors (Lipinski definition) is 6. The van der Waals surface area contributed by atoms with Gasteiger partial charge in [0.2, 0.25) is 11.9 Å². The molecule has 3 aromatic rings. The zero-order valence-corrected chi connectivity index (χ0v) is 13.0. The number of para-hydroxylation sites is 1. The summed E-state index contributed by atoms with van der Waals surface area (Å²) in [7, 11) is 1.89. The van der Waals surface area contributed by atoms with Crippen molar-refractivity contribution in [2.75, 3.05) is 11.1 Å². The molecule has 0 spiro atoms. The van der Waals surface area contributed by atoms with Gasteiger partial charge in [0.25, 0.3) is 0 Å². The number of allylic oxidation sites excluding steroid dienone is 1. The van der Waals surface area contributed by atoms with Crippen LogP contribution in [0, 0.1) is 11.3 Å². The van der Waals surface area contributed by atoms with E-state index in [0.717, 1.165) is 11.4 Å². The Hall–Kier alpha value is -3.66. The molecule has 3 N–H and O–H groups in total. The second kappa shape index (κ2) is 6.62. The van der Waals surface area contributed by atoms with Gasteiger partial charge in [0, 0.05) is 24.6 Å². The number of nitrogens with two attached hydrogens (primary N) is 1. The van der Waals surface area contributed by atoms with Gasteiger partial charge < -0.3 is 15.6 Å². The molecular formula is C17H15N7. The summed E-state index contributed by atoms with van der Waals surface area (Å²) in [6.07, 6.45) is 3.60. The molecule has 2 aromatic heterocycles. The minimum Gasteiger partial charge on any atom is -0.368 e. The summed E-state index contributed by atoms with van der Waals surface area (Å²) in [6, 6.07) is 15.4. The highest BCUT2D eigenvalue weighted by Crippen LogP contribution is 2.18. The largest absolute Gasteiger partial charge is 0.368 e. The van der Waals surface area contributed by atoms with Crippen molar-refractivity contribution >= 4 is 29.2 Å². The van der Waals surface area contributed by atoms with Gasteiger partial charge in [0.05, 0.1) is 5.57 Å². The van der Waals surface area contributed by atoms with Crippen LogP contribution in [-0.2, 0) is 7.05 Å². The van der Waals surface area contributed by atoms with Crippen LogP contribution in [0.5, 0.6) is 0 Å². The Kier molecular flexibility index (Phi) is 4.21. The monoisotopic (exact) mass is 317 g/mol. The zero-order chi connectivity index (χ0) is 16.9. The lowest BCUT2D eigenvalue weighted by Gasteiger charge is -2.07. The van der Waals surface area contributed by atoms with E-state index in [2.05, 4.69) is 26.3 Å². The highest BCUT2D eigenvalue weighted by Gasteiger charge is 2.10. The fourth-order valence-corrected chi connectivity index (χ4v) is 2.14. The average Bonchev–Trinajstić information content (AvgIpc) is 2.98. The second-order valence-electron chi connectivity index (χ2n) is 5.05. The fraction of sp³-hybridized carbons (Fsp3) is 0.0588. The number of nitrogens with zero attached hydrogens (tertiary/aromatic N) is 5. The van der Waals surface area contributed by atoms with Crippen LogP contribution in [0.3, 0.4) is 0 Å². The molecule has 0 radical (unpaired) electrons. The van der Waals surface area contributed by atoms with Crippen LogP contribution in [-0.4, -0.2) is 19.5 Å². The molecule has 0 aliphatic heterocycles. The van der Waals surface area contributed by atoms with Crippen molar-refractivity contribution in [3.63, 3.8) is 0 Å². The van der Waals surface area contributed by atoms with Gasteiger partial charge in [-0.25, -0.2) is 0 Å². The molecule has 2 heterocycles. The Morgan fingerprint density at radius 1 is 1.17 bits per heavy atom. The van der Waals surface area contributed by atoms with Crippen molar-refractivity contribution in [2.24, 2.45) is 7.05 Å².